The van der Waals surface area contributed by atoms with Crippen molar-refractivity contribution in [3.8, 4) is 0 Å². The zero-order valence-corrected chi connectivity index (χ0v) is 19.3. The van der Waals surface area contributed by atoms with Crippen LogP contribution in [0.15, 0.2) is 29.6 Å². The van der Waals surface area contributed by atoms with Gasteiger partial charge in [0.2, 0.25) is 11.8 Å². The molecule has 0 unspecified atom stereocenters. The number of anilines is 1. The molecule has 0 bridgehead atoms. The molecular weight excluding hydrogens is 416 g/mol. The molecule has 0 saturated carbocycles. The van der Waals surface area contributed by atoms with E-state index >= 15 is 0 Å². The summed E-state index contributed by atoms with van der Waals surface area (Å²) in [5.74, 6) is -0.664. The van der Waals surface area contributed by atoms with Crippen molar-refractivity contribution in [2.45, 2.75) is 39.7 Å². The number of methoxy groups -OCH3 is 1. The smallest absolute Gasteiger partial charge is 0.254 e. The molecular formula is C22H30N4O4S. The van der Waals surface area contributed by atoms with Crippen LogP contribution in [-0.2, 0) is 20.7 Å². The number of nitrogens with one attached hydrogen (secondary N) is 2. The maximum atomic E-state index is 12.8. The van der Waals surface area contributed by atoms with Gasteiger partial charge in [0.25, 0.3) is 5.91 Å². The highest BCUT2D eigenvalue weighted by Crippen LogP contribution is 2.16. The Balaban J connectivity index is 1.89. The molecule has 8 nitrogen and oxygen atoms in total. The molecule has 0 atom stereocenters. The monoisotopic (exact) mass is 446 g/mol. The minimum absolute atomic E-state index is 0.0841. The highest BCUT2D eigenvalue weighted by molar-refractivity contribution is 7.13. The van der Waals surface area contributed by atoms with Crippen LogP contribution >= 0.6 is 11.3 Å². The van der Waals surface area contributed by atoms with E-state index in [0.29, 0.717) is 29.5 Å². The molecule has 0 saturated heterocycles. The van der Waals surface area contributed by atoms with Crippen LogP contribution in [0.3, 0.4) is 0 Å². The Morgan fingerprint density at radius 1 is 1.16 bits per heavy atom. The number of amides is 3. The van der Waals surface area contributed by atoms with E-state index in [2.05, 4.69) is 15.6 Å². The number of thiazole rings is 1. The normalized spacial score (nSPS) is 10.7. The minimum atomic E-state index is -0.334. The number of carbonyl (C=O) groups excluding carboxylic acids is 3. The molecule has 0 fully saturated rings. The van der Waals surface area contributed by atoms with Crippen molar-refractivity contribution in [3.05, 3.63) is 46.5 Å². The van der Waals surface area contributed by atoms with Gasteiger partial charge in [-0.05, 0) is 39.3 Å². The molecule has 31 heavy (non-hydrogen) atoms. The van der Waals surface area contributed by atoms with Crippen molar-refractivity contribution in [2.24, 2.45) is 0 Å². The maximum absolute atomic E-state index is 12.8. The largest absolute Gasteiger partial charge is 0.385 e. The number of carbonyl (C=O) groups is 3. The minimum Gasteiger partial charge on any atom is -0.385 e. The molecule has 1 aromatic carbocycles. The van der Waals surface area contributed by atoms with Crippen molar-refractivity contribution < 1.29 is 19.1 Å². The van der Waals surface area contributed by atoms with Crippen molar-refractivity contribution in [1.29, 1.82) is 0 Å². The molecule has 1 heterocycles. The van der Waals surface area contributed by atoms with Gasteiger partial charge in [0.1, 0.15) is 6.54 Å². The summed E-state index contributed by atoms with van der Waals surface area (Å²) in [6.07, 6.45) is 0.887. The predicted octanol–water partition coefficient (Wildman–Crippen LogP) is 2.64. The first kappa shape index (κ1) is 24.5. The second-order valence-corrected chi connectivity index (χ2v) is 8.32. The summed E-state index contributed by atoms with van der Waals surface area (Å²) in [5.41, 5.74) is 2.19. The highest BCUT2D eigenvalue weighted by atomic mass is 32.1. The lowest BCUT2D eigenvalue weighted by molar-refractivity contribution is -0.120. The Morgan fingerprint density at radius 3 is 2.52 bits per heavy atom. The van der Waals surface area contributed by atoms with Crippen molar-refractivity contribution >= 4 is 34.2 Å². The topological polar surface area (TPSA) is 101 Å². The molecule has 9 heteroatoms. The van der Waals surface area contributed by atoms with Gasteiger partial charge in [-0.2, -0.15) is 0 Å². The summed E-state index contributed by atoms with van der Waals surface area (Å²) in [6, 6.07) is 7.12. The average molecular weight is 447 g/mol. The van der Waals surface area contributed by atoms with Crippen molar-refractivity contribution in [2.75, 3.05) is 32.1 Å². The number of nitrogens with zero attached hydrogens (tertiary/aromatic N) is 2. The van der Waals surface area contributed by atoms with E-state index in [4.69, 9.17) is 4.74 Å². The summed E-state index contributed by atoms with van der Waals surface area (Å²) < 4.78 is 4.94. The Kier molecular flexibility index (Phi) is 9.61. The number of rotatable bonds is 11. The van der Waals surface area contributed by atoms with E-state index in [1.165, 1.54) is 16.2 Å². The summed E-state index contributed by atoms with van der Waals surface area (Å²) in [7, 11) is 1.62. The van der Waals surface area contributed by atoms with Gasteiger partial charge in [0, 0.05) is 37.2 Å². The third kappa shape index (κ3) is 8.10. The maximum Gasteiger partial charge on any atom is 0.254 e. The number of aryl methyl sites for hydroxylation is 1. The number of aromatic nitrogens is 1. The summed E-state index contributed by atoms with van der Waals surface area (Å²) in [5, 5.41) is 7.66. The van der Waals surface area contributed by atoms with Gasteiger partial charge in [-0.1, -0.05) is 17.7 Å². The third-order valence-corrected chi connectivity index (χ3v) is 5.29. The van der Waals surface area contributed by atoms with Crippen LogP contribution in [0.25, 0.3) is 0 Å². The first-order chi connectivity index (χ1) is 14.8. The van der Waals surface area contributed by atoms with Crippen LogP contribution in [0.4, 0.5) is 5.13 Å². The zero-order chi connectivity index (χ0) is 22.8. The van der Waals surface area contributed by atoms with Crippen molar-refractivity contribution in [1.82, 2.24) is 15.2 Å². The Morgan fingerprint density at radius 2 is 1.87 bits per heavy atom. The van der Waals surface area contributed by atoms with Gasteiger partial charge >= 0.3 is 0 Å². The second kappa shape index (κ2) is 12.2. The number of hydrogen-bond acceptors (Lipinski definition) is 6. The van der Waals surface area contributed by atoms with E-state index in [1.54, 1.807) is 24.6 Å². The van der Waals surface area contributed by atoms with Gasteiger partial charge in [0.05, 0.1) is 12.1 Å². The Hall–Kier alpha value is -2.78. The van der Waals surface area contributed by atoms with Crippen LogP contribution in [-0.4, -0.2) is 60.5 Å². The molecule has 2 aromatic rings. The number of hydrogen-bond donors (Lipinski definition) is 2. The van der Waals surface area contributed by atoms with E-state index in [1.807, 2.05) is 32.9 Å². The molecule has 168 valence electrons. The van der Waals surface area contributed by atoms with Gasteiger partial charge < -0.3 is 20.3 Å². The third-order valence-electron chi connectivity index (χ3n) is 4.48. The molecule has 3 amide bonds. The van der Waals surface area contributed by atoms with E-state index in [-0.39, 0.29) is 36.7 Å². The van der Waals surface area contributed by atoms with E-state index in [9.17, 15) is 14.4 Å². The first-order valence-corrected chi connectivity index (χ1v) is 11.1. The van der Waals surface area contributed by atoms with Gasteiger partial charge in [0.15, 0.2) is 5.13 Å². The fraction of sp³-hybridized carbons (Fsp3) is 0.455. The quantitative estimate of drug-likeness (QED) is 0.517. The SMILES string of the molecule is COCCCNC(=O)Cc1csc(NC(=O)CN(C(=O)c2ccc(C)cc2)C(C)C)n1. The van der Waals surface area contributed by atoms with Crippen LogP contribution < -0.4 is 10.6 Å². The van der Waals surface area contributed by atoms with Crippen LogP contribution in [0, 0.1) is 6.92 Å². The number of benzene rings is 1. The van der Waals surface area contributed by atoms with Crippen LogP contribution in [0.1, 0.15) is 41.9 Å². The molecule has 0 aliphatic carbocycles. The van der Waals surface area contributed by atoms with Crippen LogP contribution in [0.2, 0.25) is 0 Å². The van der Waals surface area contributed by atoms with Gasteiger partial charge in [-0.25, -0.2) is 4.98 Å². The summed E-state index contributed by atoms with van der Waals surface area (Å²) in [6.45, 7) is 6.74. The molecule has 2 rings (SSSR count). The fourth-order valence-electron chi connectivity index (χ4n) is 2.78. The van der Waals surface area contributed by atoms with Gasteiger partial charge in [-0.3, -0.25) is 14.4 Å². The molecule has 0 spiro atoms. The summed E-state index contributed by atoms with van der Waals surface area (Å²) in [4.78, 5) is 43.1. The van der Waals surface area contributed by atoms with Crippen LogP contribution in [0.5, 0.6) is 0 Å². The molecule has 1 aromatic heterocycles. The van der Waals surface area contributed by atoms with Gasteiger partial charge in [-0.15, -0.1) is 11.3 Å². The van der Waals surface area contributed by atoms with E-state index in [0.717, 1.165) is 12.0 Å². The van der Waals surface area contributed by atoms with E-state index < -0.39 is 0 Å². The lowest BCUT2D eigenvalue weighted by atomic mass is 10.1. The lowest BCUT2D eigenvalue weighted by Gasteiger charge is -2.26. The van der Waals surface area contributed by atoms with Crippen molar-refractivity contribution in [3.63, 3.8) is 0 Å². The Labute approximate surface area is 187 Å². The Bertz CT molecular complexity index is 880. The molecule has 0 aliphatic heterocycles. The zero-order valence-electron chi connectivity index (χ0n) is 18.4. The first-order valence-electron chi connectivity index (χ1n) is 10.2. The lowest BCUT2D eigenvalue weighted by Crippen LogP contribution is -2.42. The number of ether oxygens (including phenoxy) is 1. The molecule has 0 aliphatic rings. The summed E-state index contributed by atoms with van der Waals surface area (Å²) >= 11 is 1.25. The average Bonchev–Trinajstić information content (AvgIpc) is 3.15. The highest BCUT2D eigenvalue weighted by Gasteiger charge is 2.22. The predicted molar refractivity (Wildman–Crippen MR) is 121 cm³/mol. The molecule has 2 N–H and O–H groups in total. The fourth-order valence-corrected chi connectivity index (χ4v) is 3.51. The standard InChI is InChI=1S/C22H30N4O4S/c1-15(2)26(21(29)17-8-6-16(3)7-9-17)13-20(28)25-22-24-18(14-31-22)12-19(27)23-10-5-11-30-4/h6-9,14-15H,5,10-13H2,1-4H3,(H,23,27)(H,24,25,28). The molecule has 0 radical (unpaired) electrons. The second-order valence-electron chi connectivity index (χ2n) is 7.46.